The van der Waals surface area contributed by atoms with Gasteiger partial charge in [-0.05, 0) is 34.9 Å². The van der Waals surface area contributed by atoms with Crippen LogP contribution in [0.15, 0.2) is 55.1 Å². The van der Waals surface area contributed by atoms with Crippen molar-refractivity contribution in [2.24, 2.45) is 0 Å². The van der Waals surface area contributed by atoms with E-state index in [1.807, 2.05) is 47.0 Å². The average Bonchev–Trinajstić information content (AvgIpc) is 3.36. The number of carbonyl (C=O) groups is 3. The van der Waals surface area contributed by atoms with E-state index in [0.29, 0.717) is 37.4 Å². The first-order valence-corrected chi connectivity index (χ1v) is 10.0. The lowest BCUT2D eigenvalue weighted by atomic mass is 9.96. The van der Waals surface area contributed by atoms with E-state index in [0.717, 1.165) is 27.6 Å². The highest BCUT2D eigenvalue weighted by atomic mass is 16.2. The number of rotatable bonds is 4. The standard InChI is InChI=1S/C24H21N3O3/c1-2-23(29)26-13-18-5-3-4-15(19(18)14-26)12-22(28)17-7-6-16-10-21-24(30)25-8-9-27(21)20(16)11-17/h2-7,10-11H,1,8-9,12-14H2,(H,25,30). The Balaban J connectivity index is 1.44. The van der Waals surface area contributed by atoms with Gasteiger partial charge < -0.3 is 14.8 Å². The zero-order valence-electron chi connectivity index (χ0n) is 16.5. The molecule has 3 heterocycles. The molecule has 30 heavy (non-hydrogen) atoms. The van der Waals surface area contributed by atoms with Crippen molar-refractivity contribution in [3.05, 3.63) is 83.1 Å². The zero-order chi connectivity index (χ0) is 20.8. The number of nitrogens with one attached hydrogen (secondary N) is 1. The molecule has 0 unspecified atom stereocenters. The Hall–Kier alpha value is -3.67. The van der Waals surface area contributed by atoms with Crippen molar-refractivity contribution in [2.75, 3.05) is 6.54 Å². The molecule has 6 nitrogen and oxygen atoms in total. The monoisotopic (exact) mass is 399 g/mol. The number of hydrogen-bond acceptors (Lipinski definition) is 3. The van der Waals surface area contributed by atoms with Crippen LogP contribution >= 0.6 is 0 Å². The van der Waals surface area contributed by atoms with Gasteiger partial charge in [-0.2, -0.15) is 0 Å². The summed E-state index contributed by atoms with van der Waals surface area (Å²) >= 11 is 0. The van der Waals surface area contributed by atoms with Crippen LogP contribution in [0.5, 0.6) is 0 Å². The van der Waals surface area contributed by atoms with Crippen LogP contribution < -0.4 is 5.32 Å². The van der Waals surface area contributed by atoms with Gasteiger partial charge in [-0.1, -0.05) is 36.9 Å². The highest BCUT2D eigenvalue weighted by Gasteiger charge is 2.25. The summed E-state index contributed by atoms with van der Waals surface area (Å²) in [7, 11) is 0. The molecular formula is C24H21N3O3. The van der Waals surface area contributed by atoms with E-state index in [2.05, 4.69) is 11.9 Å². The largest absolute Gasteiger partial charge is 0.349 e. The topological polar surface area (TPSA) is 71.4 Å². The number of nitrogens with zero attached hydrogens (tertiary/aromatic N) is 2. The van der Waals surface area contributed by atoms with Crippen molar-refractivity contribution >= 4 is 28.5 Å². The lowest BCUT2D eigenvalue weighted by Crippen LogP contribution is -2.34. The van der Waals surface area contributed by atoms with Gasteiger partial charge in [0.05, 0.1) is 0 Å². The van der Waals surface area contributed by atoms with Crippen molar-refractivity contribution in [1.82, 2.24) is 14.8 Å². The second-order valence-electron chi connectivity index (χ2n) is 7.76. The molecule has 2 aliphatic heterocycles. The molecule has 2 aliphatic rings. The van der Waals surface area contributed by atoms with Gasteiger partial charge in [0.1, 0.15) is 5.69 Å². The van der Waals surface area contributed by atoms with Crippen molar-refractivity contribution in [2.45, 2.75) is 26.1 Å². The number of ketones is 1. The number of amides is 2. The molecule has 1 N–H and O–H groups in total. The molecule has 0 bridgehead atoms. The van der Waals surface area contributed by atoms with E-state index < -0.39 is 0 Å². The molecule has 5 rings (SSSR count). The first kappa shape index (κ1) is 18.4. The second-order valence-corrected chi connectivity index (χ2v) is 7.76. The molecule has 2 aromatic carbocycles. The third-order valence-electron chi connectivity index (χ3n) is 6.00. The molecule has 1 aromatic heterocycles. The number of aromatic nitrogens is 1. The van der Waals surface area contributed by atoms with Crippen LogP contribution in [0.25, 0.3) is 10.9 Å². The van der Waals surface area contributed by atoms with E-state index in [1.54, 1.807) is 4.90 Å². The summed E-state index contributed by atoms with van der Waals surface area (Å²) in [4.78, 5) is 38.9. The third-order valence-corrected chi connectivity index (χ3v) is 6.00. The molecular weight excluding hydrogens is 378 g/mol. The Kier molecular flexibility index (Phi) is 4.28. The van der Waals surface area contributed by atoms with Crippen molar-refractivity contribution < 1.29 is 14.4 Å². The quantitative estimate of drug-likeness (QED) is 0.542. The van der Waals surface area contributed by atoms with Crippen LogP contribution in [-0.4, -0.2) is 33.6 Å². The van der Waals surface area contributed by atoms with Crippen LogP contribution in [0.2, 0.25) is 0 Å². The Labute approximate surface area is 173 Å². The molecule has 0 saturated heterocycles. The Morgan fingerprint density at radius 3 is 2.83 bits per heavy atom. The van der Waals surface area contributed by atoms with Crippen molar-refractivity contribution in [1.29, 1.82) is 0 Å². The fourth-order valence-corrected chi connectivity index (χ4v) is 4.45. The number of hydrogen-bond donors (Lipinski definition) is 1. The summed E-state index contributed by atoms with van der Waals surface area (Å²) in [6, 6.07) is 13.4. The van der Waals surface area contributed by atoms with Gasteiger partial charge in [0.25, 0.3) is 5.91 Å². The summed E-state index contributed by atoms with van der Waals surface area (Å²) < 4.78 is 1.98. The minimum Gasteiger partial charge on any atom is -0.349 e. The van der Waals surface area contributed by atoms with Gasteiger partial charge >= 0.3 is 0 Å². The number of Topliss-reactive ketones (excluding diaryl/α,β-unsaturated/α-hetero) is 1. The summed E-state index contributed by atoms with van der Waals surface area (Å²) in [5.74, 6) is -0.158. The van der Waals surface area contributed by atoms with E-state index in [4.69, 9.17) is 0 Å². The molecule has 150 valence electrons. The minimum absolute atomic E-state index is 0.0228. The first-order valence-electron chi connectivity index (χ1n) is 10.0. The Morgan fingerprint density at radius 2 is 2.00 bits per heavy atom. The zero-order valence-corrected chi connectivity index (χ0v) is 16.5. The summed E-state index contributed by atoms with van der Waals surface area (Å²) in [6.45, 7) is 5.90. The lowest BCUT2D eigenvalue weighted by molar-refractivity contribution is -0.126. The maximum absolute atomic E-state index is 13.1. The van der Waals surface area contributed by atoms with Gasteiger partial charge in [-0.3, -0.25) is 14.4 Å². The molecule has 0 spiro atoms. The minimum atomic E-state index is -0.101. The van der Waals surface area contributed by atoms with E-state index in [1.165, 1.54) is 6.08 Å². The number of fused-ring (bicyclic) bond motifs is 4. The van der Waals surface area contributed by atoms with E-state index in [-0.39, 0.29) is 24.0 Å². The summed E-state index contributed by atoms with van der Waals surface area (Å²) in [6.07, 6.45) is 1.60. The van der Waals surface area contributed by atoms with Crippen LogP contribution in [0, 0.1) is 0 Å². The molecule has 0 aliphatic carbocycles. The highest BCUT2D eigenvalue weighted by molar-refractivity contribution is 6.03. The Morgan fingerprint density at radius 1 is 1.13 bits per heavy atom. The van der Waals surface area contributed by atoms with Gasteiger partial charge in [-0.25, -0.2) is 0 Å². The maximum atomic E-state index is 13.1. The van der Waals surface area contributed by atoms with Gasteiger partial charge in [-0.15, -0.1) is 0 Å². The number of carbonyl (C=O) groups excluding carboxylic acids is 3. The van der Waals surface area contributed by atoms with Gasteiger partial charge in [0.15, 0.2) is 5.78 Å². The van der Waals surface area contributed by atoms with Gasteiger partial charge in [0, 0.05) is 49.1 Å². The van der Waals surface area contributed by atoms with Crippen molar-refractivity contribution in [3.63, 3.8) is 0 Å². The molecule has 0 radical (unpaired) electrons. The molecule has 0 saturated carbocycles. The first-order chi connectivity index (χ1) is 14.5. The molecule has 6 heteroatoms. The predicted octanol–water partition coefficient (Wildman–Crippen LogP) is 2.84. The van der Waals surface area contributed by atoms with E-state index in [9.17, 15) is 14.4 Å². The average molecular weight is 399 g/mol. The van der Waals surface area contributed by atoms with Crippen LogP contribution in [0.3, 0.4) is 0 Å². The van der Waals surface area contributed by atoms with Crippen LogP contribution in [0.1, 0.15) is 37.5 Å². The molecule has 3 aromatic rings. The van der Waals surface area contributed by atoms with Crippen molar-refractivity contribution in [3.8, 4) is 0 Å². The fourth-order valence-electron chi connectivity index (χ4n) is 4.45. The second kappa shape index (κ2) is 6.99. The molecule has 2 amide bonds. The highest BCUT2D eigenvalue weighted by Crippen LogP contribution is 2.28. The van der Waals surface area contributed by atoms with Crippen LogP contribution in [0.4, 0.5) is 0 Å². The maximum Gasteiger partial charge on any atom is 0.268 e. The molecule has 0 atom stereocenters. The lowest BCUT2D eigenvalue weighted by Gasteiger charge is -2.16. The third kappa shape index (κ3) is 2.92. The van der Waals surface area contributed by atoms with Crippen LogP contribution in [-0.2, 0) is 30.8 Å². The van der Waals surface area contributed by atoms with E-state index >= 15 is 0 Å². The smallest absolute Gasteiger partial charge is 0.268 e. The van der Waals surface area contributed by atoms with Gasteiger partial charge in [0.2, 0.25) is 5.91 Å². The fraction of sp³-hybridized carbons (Fsp3) is 0.208. The predicted molar refractivity (Wildman–Crippen MR) is 113 cm³/mol. The summed E-state index contributed by atoms with van der Waals surface area (Å²) in [5.41, 5.74) is 5.26. The Bertz CT molecular complexity index is 1240. The number of benzene rings is 2. The molecule has 0 fully saturated rings. The summed E-state index contributed by atoms with van der Waals surface area (Å²) in [5, 5.41) is 3.80. The normalized spacial score (nSPS) is 14.9. The SMILES string of the molecule is C=CC(=O)N1Cc2cccc(CC(=O)c3ccc4cc5n(c4c3)CCNC5=O)c2C1.